The highest BCUT2D eigenvalue weighted by Crippen LogP contribution is 2.06. The van der Waals surface area contributed by atoms with E-state index >= 15 is 0 Å². The van der Waals surface area contributed by atoms with E-state index in [-0.39, 0.29) is 0 Å². The maximum atomic E-state index is 5.26. The Hall–Kier alpha value is -0.350. The van der Waals surface area contributed by atoms with Crippen molar-refractivity contribution in [1.29, 1.82) is 0 Å². The first-order valence-corrected chi connectivity index (χ1v) is 7.09. The molecule has 0 fully saturated rings. The molecule has 0 aromatic carbocycles. The molecule has 3 nitrogen and oxygen atoms in total. The monoisotopic (exact) mass is 260 g/mol. The van der Waals surface area contributed by atoms with Gasteiger partial charge in [-0.2, -0.15) is 0 Å². The SMILES string of the molecule is CCOCCCNC(=S)NC(C)CCC(C)C. The molecule has 1 atom stereocenters. The fourth-order valence-electron chi connectivity index (χ4n) is 1.45. The van der Waals surface area contributed by atoms with Crippen molar-refractivity contribution < 1.29 is 4.74 Å². The standard InChI is InChI=1S/C13H28N2OS/c1-5-16-10-6-9-14-13(17)15-12(4)8-7-11(2)3/h11-12H,5-10H2,1-4H3,(H2,14,15,17). The number of hydrogen-bond donors (Lipinski definition) is 2. The summed E-state index contributed by atoms with van der Waals surface area (Å²) in [7, 11) is 0. The van der Waals surface area contributed by atoms with Crippen LogP contribution in [0.25, 0.3) is 0 Å². The average Bonchev–Trinajstić information content (AvgIpc) is 2.26. The quantitative estimate of drug-likeness (QED) is 0.493. The lowest BCUT2D eigenvalue weighted by Gasteiger charge is -2.17. The number of nitrogens with one attached hydrogen (secondary N) is 2. The van der Waals surface area contributed by atoms with E-state index in [9.17, 15) is 0 Å². The summed E-state index contributed by atoms with van der Waals surface area (Å²) in [6, 6.07) is 0.448. The summed E-state index contributed by atoms with van der Waals surface area (Å²) in [5, 5.41) is 7.27. The molecule has 0 aliphatic heterocycles. The van der Waals surface area contributed by atoms with E-state index in [1.807, 2.05) is 6.92 Å². The maximum absolute atomic E-state index is 5.26. The minimum absolute atomic E-state index is 0.448. The molecular weight excluding hydrogens is 232 g/mol. The van der Waals surface area contributed by atoms with E-state index in [0.717, 1.165) is 37.2 Å². The Labute approximate surface area is 112 Å². The lowest BCUT2D eigenvalue weighted by Crippen LogP contribution is -2.41. The molecule has 2 N–H and O–H groups in total. The van der Waals surface area contributed by atoms with Gasteiger partial charge in [-0.25, -0.2) is 0 Å². The molecule has 0 amide bonds. The summed E-state index contributed by atoms with van der Waals surface area (Å²) in [4.78, 5) is 0. The molecule has 17 heavy (non-hydrogen) atoms. The smallest absolute Gasteiger partial charge is 0.166 e. The van der Waals surface area contributed by atoms with Crippen molar-refractivity contribution in [3.63, 3.8) is 0 Å². The molecule has 0 saturated carbocycles. The Kier molecular flexibility index (Phi) is 10.6. The molecule has 0 heterocycles. The van der Waals surface area contributed by atoms with Gasteiger partial charge < -0.3 is 15.4 Å². The van der Waals surface area contributed by atoms with Crippen LogP contribution in [-0.4, -0.2) is 30.9 Å². The Morgan fingerprint density at radius 3 is 2.53 bits per heavy atom. The van der Waals surface area contributed by atoms with Gasteiger partial charge >= 0.3 is 0 Å². The average molecular weight is 260 g/mol. The van der Waals surface area contributed by atoms with Crippen molar-refractivity contribution in [3.05, 3.63) is 0 Å². The molecule has 0 aliphatic carbocycles. The first-order chi connectivity index (χ1) is 8.06. The van der Waals surface area contributed by atoms with Gasteiger partial charge in [0.05, 0.1) is 0 Å². The van der Waals surface area contributed by atoms with Crippen LogP contribution in [0.5, 0.6) is 0 Å². The summed E-state index contributed by atoms with van der Waals surface area (Å²) in [6.45, 7) is 11.1. The third-order valence-corrected chi connectivity index (χ3v) is 2.77. The molecule has 0 rings (SSSR count). The summed E-state index contributed by atoms with van der Waals surface area (Å²) in [5.41, 5.74) is 0. The van der Waals surface area contributed by atoms with Gasteiger partial charge in [-0.05, 0) is 51.2 Å². The van der Waals surface area contributed by atoms with E-state index in [0.29, 0.717) is 6.04 Å². The van der Waals surface area contributed by atoms with E-state index in [2.05, 4.69) is 31.4 Å². The van der Waals surface area contributed by atoms with Crippen molar-refractivity contribution in [2.75, 3.05) is 19.8 Å². The number of hydrogen-bond acceptors (Lipinski definition) is 2. The van der Waals surface area contributed by atoms with Gasteiger partial charge in [0, 0.05) is 25.8 Å². The van der Waals surface area contributed by atoms with Crippen LogP contribution in [0.3, 0.4) is 0 Å². The van der Waals surface area contributed by atoms with Gasteiger partial charge in [-0.1, -0.05) is 13.8 Å². The Morgan fingerprint density at radius 2 is 1.94 bits per heavy atom. The number of thiocarbonyl (C=S) groups is 1. The van der Waals surface area contributed by atoms with Crippen molar-refractivity contribution in [1.82, 2.24) is 10.6 Å². The molecule has 1 unspecified atom stereocenters. The first-order valence-electron chi connectivity index (χ1n) is 6.68. The van der Waals surface area contributed by atoms with Gasteiger partial charge in [0.1, 0.15) is 0 Å². The van der Waals surface area contributed by atoms with Crippen LogP contribution in [0.4, 0.5) is 0 Å². The summed E-state index contributed by atoms with van der Waals surface area (Å²) < 4.78 is 5.26. The van der Waals surface area contributed by atoms with Crippen molar-refractivity contribution in [3.8, 4) is 0 Å². The Bertz CT molecular complexity index is 198. The van der Waals surface area contributed by atoms with Crippen LogP contribution in [-0.2, 0) is 4.74 Å². The molecule has 0 aromatic rings. The zero-order chi connectivity index (χ0) is 13.1. The molecule has 0 aromatic heterocycles. The normalized spacial score (nSPS) is 12.5. The molecular formula is C13H28N2OS. The predicted molar refractivity (Wildman–Crippen MR) is 78.4 cm³/mol. The van der Waals surface area contributed by atoms with Crippen LogP contribution < -0.4 is 10.6 Å². The summed E-state index contributed by atoms with van der Waals surface area (Å²) >= 11 is 5.23. The Balaban J connectivity index is 3.44. The van der Waals surface area contributed by atoms with Crippen LogP contribution in [0.2, 0.25) is 0 Å². The molecule has 0 aliphatic rings. The van der Waals surface area contributed by atoms with Gasteiger partial charge in [-0.3, -0.25) is 0 Å². The van der Waals surface area contributed by atoms with Crippen LogP contribution in [0.1, 0.15) is 47.0 Å². The number of rotatable bonds is 9. The van der Waals surface area contributed by atoms with Gasteiger partial charge in [0.15, 0.2) is 5.11 Å². The van der Waals surface area contributed by atoms with Crippen molar-refractivity contribution in [2.24, 2.45) is 5.92 Å². The molecule has 0 radical (unpaired) electrons. The third-order valence-electron chi connectivity index (χ3n) is 2.51. The second-order valence-corrected chi connectivity index (χ2v) is 5.23. The molecule has 0 bridgehead atoms. The highest BCUT2D eigenvalue weighted by Gasteiger charge is 2.04. The largest absolute Gasteiger partial charge is 0.382 e. The molecule has 4 heteroatoms. The van der Waals surface area contributed by atoms with Gasteiger partial charge in [0.25, 0.3) is 0 Å². The molecule has 0 spiro atoms. The topological polar surface area (TPSA) is 33.3 Å². The fraction of sp³-hybridized carbons (Fsp3) is 0.923. The second-order valence-electron chi connectivity index (χ2n) is 4.82. The van der Waals surface area contributed by atoms with Crippen LogP contribution in [0.15, 0.2) is 0 Å². The lowest BCUT2D eigenvalue weighted by molar-refractivity contribution is 0.145. The van der Waals surface area contributed by atoms with Gasteiger partial charge in [-0.15, -0.1) is 0 Å². The van der Waals surface area contributed by atoms with E-state index in [4.69, 9.17) is 17.0 Å². The highest BCUT2D eigenvalue weighted by molar-refractivity contribution is 7.80. The third kappa shape index (κ3) is 11.9. The van der Waals surface area contributed by atoms with Crippen LogP contribution in [0, 0.1) is 5.92 Å². The minimum atomic E-state index is 0.448. The van der Waals surface area contributed by atoms with Crippen molar-refractivity contribution >= 4 is 17.3 Å². The second kappa shape index (κ2) is 10.8. The van der Waals surface area contributed by atoms with E-state index in [1.165, 1.54) is 12.8 Å². The molecule has 0 saturated heterocycles. The van der Waals surface area contributed by atoms with Crippen molar-refractivity contribution in [2.45, 2.75) is 53.0 Å². The Morgan fingerprint density at radius 1 is 1.24 bits per heavy atom. The first kappa shape index (κ1) is 16.6. The van der Waals surface area contributed by atoms with E-state index in [1.54, 1.807) is 0 Å². The van der Waals surface area contributed by atoms with Gasteiger partial charge in [0.2, 0.25) is 0 Å². The predicted octanol–water partition coefficient (Wildman–Crippen LogP) is 2.70. The summed E-state index contributed by atoms with van der Waals surface area (Å²) in [6.07, 6.45) is 3.40. The van der Waals surface area contributed by atoms with E-state index < -0.39 is 0 Å². The molecule has 102 valence electrons. The zero-order valence-corrected chi connectivity index (χ0v) is 12.5. The highest BCUT2D eigenvalue weighted by atomic mass is 32.1. The maximum Gasteiger partial charge on any atom is 0.166 e. The zero-order valence-electron chi connectivity index (χ0n) is 11.7. The minimum Gasteiger partial charge on any atom is -0.382 e. The summed E-state index contributed by atoms with van der Waals surface area (Å²) in [5.74, 6) is 0.756. The number of ether oxygens (including phenoxy) is 1. The fourth-order valence-corrected chi connectivity index (χ4v) is 1.75. The lowest BCUT2D eigenvalue weighted by atomic mass is 10.0. The van der Waals surface area contributed by atoms with Crippen LogP contribution >= 0.6 is 12.2 Å².